The van der Waals surface area contributed by atoms with E-state index in [-0.39, 0.29) is 12.5 Å². The normalized spacial score (nSPS) is 13.3. The molecule has 1 saturated heterocycles. The Kier molecular flexibility index (Phi) is 7.15. The number of anilines is 1. The lowest BCUT2D eigenvalue weighted by atomic mass is 10.2. The number of rotatable bonds is 6. The predicted octanol–water partition coefficient (Wildman–Crippen LogP) is 2.09. The smallest absolute Gasteiger partial charge is 0.329 e. The summed E-state index contributed by atoms with van der Waals surface area (Å²) >= 11 is 0. The number of hydrazone groups is 1. The highest BCUT2D eigenvalue weighted by molar-refractivity contribution is 6.39. The molecular formula is C22H24N4O4. The van der Waals surface area contributed by atoms with Crippen LogP contribution in [0.4, 0.5) is 5.69 Å². The lowest BCUT2D eigenvalue weighted by Gasteiger charge is -2.15. The zero-order valence-electron chi connectivity index (χ0n) is 16.8. The van der Waals surface area contributed by atoms with Crippen LogP contribution >= 0.6 is 0 Å². The van der Waals surface area contributed by atoms with E-state index in [0.29, 0.717) is 17.0 Å². The third kappa shape index (κ3) is 6.16. The minimum Gasteiger partial charge on any atom is -0.484 e. The number of ether oxygens (including phenoxy) is 1. The Balaban J connectivity index is 1.47. The van der Waals surface area contributed by atoms with Crippen LogP contribution in [0.25, 0.3) is 0 Å². The van der Waals surface area contributed by atoms with E-state index in [1.807, 2.05) is 19.1 Å². The molecule has 3 amide bonds. The summed E-state index contributed by atoms with van der Waals surface area (Å²) in [6, 6.07) is 14.0. The van der Waals surface area contributed by atoms with E-state index in [4.69, 9.17) is 4.74 Å². The van der Waals surface area contributed by atoms with Gasteiger partial charge in [-0.15, -0.1) is 0 Å². The van der Waals surface area contributed by atoms with E-state index in [0.717, 1.165) is 31.5 Å². The molecular weight excluding hydrogens is 384 g/mol. The van der Waals surface area contributed by atoms with Crippen molar-refractivity contribution in [2.45, 2.75) is 19.8 Å². The first-order chi connectivity index (χ1) is 14.5. The Hall–Kier alpha value is -3.68. The Bertz CT molecular complexity index is 934. The van der Waals surface area contributed by atoms with Crippen molar-refractivity contribution in [1.82, 2.24) is 10.3 Å². The molecule has 30 heavy (non-hydrogen) atoms. The van der Waals surface area contributed by atoms with Gasteiger partial charge in [0.2, 0.25) is 0 Å². The second-order valence-corrected chi connectivity index (χ2v) is 6.97. The fourth-order valence-corrected chi connectivity index (χ4v) is 2.93. The summed E-state index contributed by atoms with van der Waals surface area (Å²) in [5, 5.41) is 6.30. The molecule has 8 nitrogen and oxygen atoms in total. The number of amides is 3. The molecule has 0 spiro atoms. The number of benzene rings is 2. The van der Waals surface area contributed by atoms with Crippen LogP contribution in [0.3, 0.4) is 0 Å². The minimum atomic E-state index is -0.879. The van der Waals surface area contributed by atoms with Crippen LogP contribution in [0.2, 0.25) is 0 Å². The summed E-state index contributed by atoms with van der Waals surface area (Å²) < 4.78 is 5.56. The van der Waals surface area contributed by atoms with Gasteiger partial charge < -0.3 is 15.0 Å². The van der Waals surface area contributed by atoms with Crippen LogP contribution in [0.1, 0.15) is 24.0 Å². The van der Waals surface area contributed by atoms with Gasteiger partial charge in [0.15, 0.2) is 6.61 Å². The summed E-state index contributed by atoms with van der Waals surface area (Å²) in [6.07, 6.45) is 3.46. The number of nitrogens with zero attached hydrogens (tertiary/aromatic N) is 2. The summed E-state index contributed by atoms with van der Waals surface area (Å²) in [4.78, 5) is 37.6. The molecule has 3 rings (SSSR count). The van der Waals surface area contributed by atoms with Gasteiger partial charge in [0.25, 0.3) is 5.91 Å². The van der Waals surface area contributed by atoms with Crippen molar-refractivity contribution < 1.29 is 19.1 Å². The highest BCUT2D eigenvalue weighted by Gasteiger charge is 2.18. The fraction of sp³-hybridized carbons (Fsp3) is 0.273. The molecule has 0 unspecified atom stereocenters. The van der Waals surface area contributed by atoms with Crippen LogP contribution < -0.4 is 15.5 Å². The molecule has 0 bridgehead atoms. The van der Waals surface area contributed by atoms with Gasteiger partial charge >= 0.3 is 11.8 Å². The number of hydrogen-bond donors (Lipinski definition) is 2. The number of nitrogens with one attached hydrogen (secondary N) is 2. The molecule has 2 N–H and O–H groups in total. The van der Waals surface area contributed by atoms with E-state index in [1.54, 1.807) is 41.3 Å². The quantitative estimate of drug-likeness (QED) is 0.434. The molecule has 1 fully saturated rings. The average molecular weight is 408 g/mol. The first kappa shape index (κ1) is 21.0. The molecule has 156 valence electrons. The Labute approximate surface area is 174 Å². The fourth-order valence-electron chi connectivity index (χ4n) is 2.93. The maximum atomic E-state index is 12.1. The second kappa shape index (κ2) is 10.2. The first-order valence-electron chi connectivity index (χ1n) is 9.73. The molecule has 0 saturated carbocycles. The Morgan fingerprint density at radius 2 is 1.80 bits per heavy atom. The molecule has 0 radical (unpaired) electrons. The third-order valence-corrected chi connectivity index (χ3v) is 4.57. The van der Waals surface area contributed by atoms with Crippen LogP contribution in [-0.4, -0.2) is 48.5 Å². The van der Waals surface area contributed by atoms with Gasteiger partial charge in [-0.25, -0.2) is 5.43 Å². The maximum absolute atomic E-state index is 12.1. The summed E-state index contributed by atoms with van der Waals surface area (Å²) in [7, 11) is 0. The van der Waals surface area contributed by atoms with Crippen LogP contribution in [0.5, 0.6) is 5.75 Å². The van der Waals surface area contributed by atoms with Crippen molar-refractivity contribution in [3.8, 4) is 5.75 Å². The molecule has 8 heteroatoms. The summed E-state index contributed by atoms with van der Waals surface area (Å²) in [5.41, 5.74) is 4.41. The average Bonchev–Trinajstić information content (AvgIpc) is 3.29. The van der Waals surface area contributed by atoms with Crippen LogP contribution in [0, 0.1) is 6.92 Å². The SMILES string of the molecule is Cc1ccc(NC(=O)C(=O)N/N=C\c2cccc(OCC(=O)N3CCCC3)c2)cc1. The Morgan fingerprint density at radius 3 is 2.53 bits per heavy atom. The standard InChI is InChI=1S/C22H24N4O4/c1-16-7-9-18(10-8-16)24-21(28)22(29)25-23-14-17-5-4-6-19(13-17)30-15-20(27)26-11-2-3-12-26/h4-10,13-14H,2-3,11-12,15H2,1H3,(H,24,28)(H,25,29)/b23-14-. The number of hydrogen-bond acceptors (Lipinski definition) is 5. The van der Waals surface area contributed by atoms with E-state index >= 15 is 0 Å². The van der Waals surface area contributed by atoms with Crippen molar-refractivity contribution in [2.75, 3.05) is 25.0 Å². The lowest BCUT2D eigenvalue weighted by Crippen LogP contribution is -2.32. The molecule has 1 heterocycles. The number of likely N-dealkylation sites (tertiary alicyclic amines) is 1. The van der Waals surface area contributed by atoms with E-state index in [1.165, 1.54) is 6.21 Å². The highest BCUT2D eigenvalue weighted by atomic mass is 16.5. The van der Waals surface area contributed by atoms with Gasteiger partial charge in [0, 0.05) is 18.8 Å². The third-order valence-electron chi connectivity index (χ3n) is 4.57. The summed E-state index contributed by atoms with van der Waals surface area (Å²) in [6.45, 7) is 3.48. The van der Waals surface area contributed by atoms with Gasteiger partial charge in [-0.1, -0.05) is 29.8 Å². The molecule has 1 aliphatic rings. The second-order valence-electron chi connectivity index (χ2n) is 6.97. The zero-order chi connectivity index (χ0) is 21.3. The maximum Gasteiger partial charge on any atom is 0.329 e. The van der Waals surface area contributed by atoms with Crippen molar-refractivity contribution in [3.05, 3.63) is 59.7 Å². The van der Waals surface area contributed by atoms with Crippen LogP contribution in [-0.2, 0) is 14.4 Å². The number of carbonyl (C=O) groups excluding carboxylic acids is 3. The van der Waals surface area contributed by atoms with E-state index in [9.17, 15) is 14.4 Å². The molecule has 0 aliphatic carbocycles. The topological polar surface area (TPSA) is 100 Å². The van der Waals surface area contributed by atoms with Gasteiger partial charge in [0.05, 0.1) is 6.21 Å². The van der Waals surface area contributed by atoms with Crippen molar-refractivity contribution in [1.29, 1.82) is 0 Å². The molecule has 1 aliphatic heterocycles. The van der Waals surface area contributed by atoms with Crippen molar-refractivity contribution in [3.63, 3.8) is 0 Å². The Morgan fingerprint density at radius 1 is 1.07 bits per heavy atom. The molecule has 2 aromatic rings. The number of carbonyl (C=O) groups is 3. The summed E-state index contributed by atoms with van der Waals surface area (Å²) in [5.74, 6) is -1.20. The largest absolute Gasteiger partial charge is 0.484 e. The van der Waals surface area contributed by atoms with Crippen LogP contribution in [0.15, 0.2) is 53.6 Å². The number of aryl methyl sites for hydroxylation is 1. The van der Waals surface area contributed by atoms with Crippen molar-refractivity contribution in [2.24, 2.45) is 5.10 Å². The van der Waals surface area contributed by atoms with Crippen molar-refractivity contribution >= 4 is 29.6 Å². The highest BCUT2D eigenvalue weighted by Crippen LogP contribution is 2.13. The minimum absolute atomic E-state index is 0.0173. The van der Waals surface area contributed by atoms with E-state index < -0.39 is 11.8 Å². The van der Waals surface area contributed by atoms with Gasteiger partial charge in [-0.3, -0.25) is 14.4 Å². The van der Waals surface area contributed by atoms with Gasteiger partial charge in [0.1, 0.15) is 5.75 Å². The molecule has 2 aromatic carbocycles. The van der Waals surface area contributed by atoms with Gasteiger partial charge in [-0.2, -0.15) is 5.10 Å². The lowest BCUT2D eigenvalue weighted by molar-refractivity contribution is -0.136. The predicted molar refractivity (Wildman–Crippen MR) is 113 cm³/mol. The van der Waals surface area contributed by atoms with E-state index in [2.05, 4.69) is 15.8 Å². The van der Waals surface area contributed by atoms with Gasteiger partial charge in [-0.05, 0) is 49.6 Å². The molecule has 0 aromatic heterocycles. The first-order valence-corrected chi connectivity index (χ1v) is 9.73. The monoisotopic (exact) mass is 408 g/mol. The zero-order valence-corrected chi connectivity index (χ0v) is 16.8. The molecule has 0 atom stereocenters.